The van der Waals surface area contributed by atoms with Crippen LogP contribution in [-0.2, 0) is 77.6 Å². The summed E-state index contributed by atoms with van der Waals surface area (Å²) in [4.78, 5) is 73.1. The fourth-order valence-electron chi connectivity index (χ4n) is 14.4. The maximum absolute atomic E-state index is 13.9. The second-order valence-corrected chi connectivity index (χ2v) is 27.9. The molecule has 0 saturated carbocycles. The van der Waals surface area contributed by atoms with Gasteiger partial charge in [0, 0.05) is 62.7 Å². The Kier molecular flexibility index (Phi) is 26.4. The van der Waals surface area contributed by atoms with Gasteiger partial charge < -0.3 is 43.4 Å². The van der Waals surface area contributed by atoms with Crippen LogP contribution in [0.3, 0.4) is 0 Å². The summed E-state index contributed by atoms with van der Waals surface area (Å²) in [6, 6.07) is 48.4. The highest BCUT2D eigenvalue weighted by atomic mass is 19.4. The molecule has 0 bridgehead atoms. The van der Waals surface area contributed by atoms with E-state index in [9.17, 15) is 54.7 Å². The fraction of sp³-hybridized carbons (Fsp3) is 0.427. The van der Waals surface area contributed by atoms with E-state index < -0.39 is 46.4 Å². The van der Waals surface area contributed by atoms with Gasteiger partial charge >= 0.3 is 24.3 Å². The van der Waals surface area contributed by atoms with Crippen molar-refractivity contribution in [3.63, 3.8) is 0 Å². The second-order valence-electron chi connectivity index (χ2n) is 27.9. The molecule has 0 radical (unpaired) electrons. The summed E-state index contributed by atoms with van der Waals surface area (Å²) in [6.07, 6.45) is 0.201. The summed E-state index contributed by atoms with van der Waals surface area (Å²) >= 11 is 0. The minimum absolute atomic E-state index is 0.0197. The summed E-state index contributed by atoms with van der Waals surface area (Å²) in [7, 11) is 5.98. The minimum Gasteiger partial charge on any atom is -0.462 e. The van der Waals surface area contributed by atoms with Gasteiger partial charge in [-0.2, -0.15) is 26.3 Å². The Morgan fingerprint density at radius 1 is 0.631 bits per heavy atom. The van der Waals surface area contributed by atoms with Crippen molar-refractivity contribution in [2.75, 3.05) is 93.4 Å². The number of ketones is 1. The summed E-state index contributed by atoms with van der Waals surface area (Å²) < 4.78 is 119. The molecule has 2 atom stereocenters. The van der Waals surface area contributed by atoms with Crippen molar-refractivity contribution in [2.24, 2.45) is 0 Å². The van der Waals surface area contributed by atoms with E-state index in [1.54, 1.807) is 4.90 Å². The number of ether oxygens (including phenoxy) is 4. The molecule has 0 N–H and O–H groups in total. The lowest BCUT2D eigenvalue weighted by atomic mass is 9.72. The highest BCUT2D eigenvalue weighted by Gasteiger charge is 2.50. The smallest absolute Gasteiger partial charge is 0.416 e. The Hall–Kier alpha value is -8.60. The number of carbonyl (C=O) groups excluding carboxylic acids is 5. The van der Waals surface area contributed by atoms with Crippen molar-refractivity contribution >= 4 is 29.5 Å². The SMILES string of the molecule is CC(=O)CO[C@H]1Cc2ccccc2C12CCN(CC[C@@]1(c3ccc(F)cc3)CN(C(=O)c3cc(C(F)(F)F)cc(C(F)(F)F)c3)CO1)CC2.CN(C)CCCCCC(=O)Oc1ccc(CCCc2ccc(C(=O)N(C)CCN3CCC(OC(=O)Cc4ccccc4-c4ccccc4)CC3)cc2)cc1. The van der Waals surface area contributed by atoms with Crippen LogP contribution >= 0.6 is 0 Å². The first-order chi connectivity index (χ1) is 49.3. The van der Waals surface area contributed by atoms with Gasteiger partial charge in [0.15, 0.2) is 5.78 Å². The molecule has 14 nitrogen and oxygen atoms in total. The zero-order chi connectivity index (χ0) is 73.3. The van der Waals surface area contributed by atoms with Gasteiger partial charge in [0.25, 0.3) is 11.8 Å². The van der Waals surface area contributed by atoms with E-state index in [-0.39, 0.29) is 73.6 Å². The number of benzene rings is 7. The number of alkyl halides is 6. The van der Waals surface area contributed by atoms with Crippen LogP contribution in [-0.4, -0.2) is 160 Å². The zero-order valence-electron chi connectivity index (χ0n) is 59.1. The fourth-order valence-corrected chi connectivity index (χ4v) is 14.4. The van der Waals surface area contributed by atoms with E-state index in [2.05, 4.69) is 71.3 Å². The molecule has 1 spiro atoms. The monoisotopic (exact) mass is 1420 g/mol. The van der Waals surface area contributed by atoms with Crippen molar-refractivity contribution in [2.45, 2.75) is 132 Å². The Morgan fingerprint density at radius 2 is 1.25 bits per heavy atom. The van der Waals surface area contributed by atoms with Crippen molar-refractivity contribution in [1.29, 1.82) is 0 Å². The zero-order valence-corrected chi connectivity index (χ0v) is 59.1. The van der Waals surface area contributed by atoms with Gasteiger partial charge in [-0.05, 0) is 210 Å². The molecular formula is C82H92F7N5O9. The van der Waals surface area contributed by atoms with E-state index in [1.807, 2.05) is 92.0 Å². The lowest BCUT2D eigenvalue weighted by Gasteiger charge is -2.44. The van der Waals surface area contributed by atoms with Gasteiger partial charge in [0.05, 0.1) is 30.2 Å². The van der Waals surface area contributed by atoms with Crippen LogP contribution in [0, 0.1) is 5.82 Å². The molecule has 3 saturated heterocycles. The molecule has 3 fully saturated rings. The average molecular weight is 1420 g/mol. The first-order valence-corrected chi connectivity index (χ1v) is 35.6. The molecule has 11 rings (SSSR count). The molecule has 7 aromatic rings. The summed E-state index contributed by atoms with van der Waals surface area (Å²) in [5.74, 6) is -1.34. The lowest BCUT2D eigenvalue weighted by molar-refractivity contribution is -0.150. The molecule has 3 heterocycles. The van der Waals surface area contributed by atoms with E-state index >= 15 is 0 Å². The third-order valence-corrected chi connectivity index (χ3v) is 20.2. The largest absolute Gasteiger partial charge is 0.462 e. The summed E-state index contributed by atoms with van der Waals surface area (Å²) in [5.41, 5.74) is 3.80. The van der Waals surface area contributed by atoms with Crippen molar-refractivity contribution < 1.29 is 73.7 Å². The van der Waals surface area contributed by atoms with Crippen molar-refractivity contribution in [3.05, 3.63) is 231 Å². The Labute approximate surface area is 599 Å². The van der Waals surface area contributed by atoms with Gasteiger partial charge in [-0.15, -0.1) is 0 Å². The first-order valence-electron chi connectivity index (χ1n) is 35.6. The third-order valence-electron chi connectivity index (χ3n) is 20.2. The number of unbranched alkanes of at least 4 members (excludes halogenated alkanes) is 2. The number of fused-ring (bicyclic) bond motifs is 2. The Bertz CT molecular complexity index is 3940. The van der Waals surface area contributed by atoms with Crippen LogP contribution in [0.25, 0.3) is 11.1 Å². The second kappa shape index (κ2) is 35.3. The molecule has 103 heavy (non-hydrogen) atoms. The number of likely N-dealkylation sites (N-methyl/N-ethyl adjacent to an activating group) is 1. The van der Waals surface area contributed by atoms with E-state index in [0.717, 1.165) is 112 Å². The number of Topliss-reactive ketones (excluding diaryl/α,β-unsaturated/α-hetero) is 1. The molecule has 4 aliphatic rings. The molecule has 21 heteroatoms. The number of halogens is 7. The highest BCUT2D eigenvalue weighted by Crippen LogP contribution is 2.48. The summed E-state index contributed by atoms with van der Waals surface area (Å²) in [5, 5.41) is 0. The number of nitrogens with zero attached hydrogens (tertiary/aromatic N) is 5. The van der Waals surface area contributed by atoms with Gasteiger partial charge in [-0.1, -0.05) is 122 Å². The molecule has 7 aromatic carbocycles. The van der Waals surface area contributed by atoms with Crippen LogP contribution in [0.4, 0.5) is 30.7 Å². The van der Waals surface area contributed by atoms with Crippen LogP contribution in [0.2, 0.25) is 0 Å². The number of amides is 2. The molecule has 3 aliphatic heterocycles. The van der Waals surface area contributed by atoms with E-state index in [0.29, 0.717) is 74.5 Å². The normalized spacial score (nSPS) is 17.7. The van der Waals surface area contributed by atoms with E-state index in [1.165, 1.54) is 53.4 Å². The number of hydrogen-bond acceptors (Lipinski definition) is 12. The van der Waals surface area contributed by atoms with Crippen LogP contribution in [0.5, 0.6) is 5.75 Å². The Morgan fingerprint density at radius 3 is 1.90 bits per heavy atom. The van der Waals surface area contributed by atoms with Crippen LogP contribution < -0.4 is 4.74 Å². The van der Waals surface area contributed by atoms with Gasteiger partial charge in [0.2, 0.25) is 0 Å². The predicted octanol–water partition coefficient (Wildman–Crippen LogP) is 15.0. The molecule has 1 aliphatic carbocycles. The highest BCUT2D eigenvalue weighted by molar-refractivity contribution is 5.95. The van der Waals surface area contributed by atoms with Crippen LogP contribution in [0.1, 0.15) is 136 Å². The predicted molar refractivity (Wildman–Crippen MR) is 380 cm³/mol. The lowest BCUT2D eigenvalue weighted by Crippen LogP contribution is -2.49. The van der Waals surface area contributed by atoms with Gasteiger partial charge in [-0.25, -0.2) is 4.39 Å². The average Bonchev–Trinajstić information content (AvgIpc) is 1.63. The number of carbonyl (C=O) groups is 5. The standard InChI is InChI=1S/C46H57N3O5.C36H35F7N2O4/c1-47(2)30-11-5-8-19-44(50)53-41-26-22-37(23-27-41)14-12-13-36-20-24-39(25-21-36)46(52)48(3)33-34-49-31-28-42(29-32-49)54-45(51)35-40-17-9-10-18-43(40)38-15-6-4-7-16-38;1-23(46)20-48-31-18-24-4-2-3-5-30(24)33(31)10-13-44(14-11-33)15-12-34(26-6-8-29(37)9-7-26)21-45(22-49-34)32(47)25-16-27(35(38,39)40)19-28(17-25)36(41,42)43/h4,6-7,9-10,15-18,20-27,42H,5,8,11-14,19,28-35H2,1-3H3;2-9,16-17,19,31H,10-15,18,20-22H2,1H3/t;31-,34-/m.0/s1. The Balaban J connectivity index is 0.000000222. The number of hydrogen-bond donors (Lipinski definition) is 0. The van der Waals surface area contributed by atoms with Crippen molar-refractivity contribution in [3.8, 4) is 16.9 Å². The number of esters is 2. The molecule has 0 aromatic heterocycles. The molecular weight excluding hydrogens is 1330 g/mol. The number of rotatable bonds is 27. The van der Waals surface area contributed by atoms with Crippen LogP contribution in [0.15, 0.2) is 170 Å². The topological polar surface area (TPSA) is 138 Å². The first kappa shape index (κ1) is 77.0. The maximum atomic E-state index is 13.9. The maximum Gasteiger partial charge on any atom is 0.416 e. The minimum atomic E-state index is -5.11. The van der Waals surface area contributed by atoms with E-state index in [4.69, 9.17) is 18.9 Å². The molecule has 2 amide bonds. The van der Waals surface area contributed by atoms with Gasteiger partial charge in [0.1, 0.15) is 36.6 Å². The molecule has 0 unspecified atom stereocenters. The number of likely N-dealkylation sites (tertiary alicyclic amines) is 2. The number of piperidine rings is 2. The summed E-state index contributed by atoms with van der Waals surface area (Å²) in [6.45, 7) is 6.96. The van der Waals surface area contributed by atoms with Crippen molar-refractivity contribution in [1.82, 2.24) is 24.5 Å². The number of aryl methyl sites for hydroxylation is 2. The quantitative estimate of drug-likeness (QED) is 0.0210. The third kappa shape index (κ3) is 21.1. The van der Waals surface area contributed by atoms with Gasteiger partial charge in [-0.3, -0.25) is 24.0 Å². The molecule has 548 valence electrons.